The lowest BCUT2D eigenvalue weighted by Crippen LogP contribution is -2.63. The molecule has 1 amide bonds. The molecule has 30 heavy (non-hydrogen) atoms. The predicted octanol–water partition coefficient (Wildman–Crippen LogP) is 1.68. The summed E-state index contributed by atoms with van der Waals surface area (Å²) in [4.78, 5) is 29.0. The first-order valence-corrected chi connectivity index (χ1v) is 11.5. The molecule has 0 saturated carbocycles. The number of hydrogen-bond donors (Lipinski definition) is 3. The lowest BCUT2D eigenvalue weighted by Gasteiger charge is -2.46. The Morgan fingerprint density at radius 2 is 2.07 bits per heavy atom. The number of nitrogens with one attached hydrogen (secondary N) is 1. The van der Waals surface area contributed by atoms with E-state index in [2.05, 4.69) is 22.4 Å². The van der Waals surface area contributed by atoms with E-state index in [0.717, 1.165) is 24.4 Å². The zero-order valence-electron chi connectivity index (χ0n) is 17.5. The Bertz CT molecular complexity index is 738. The summed E-state index contributed by atoms with van der Waals surface area (Å²) in [6.45, 7) is 7.79. The normalized spacial score (nSPS) is 35.0. The molecule has 9 heteroatoms. The zero-order valence-corrected chi connectivity index (χ0v) is 19.1. The number of fused-ring (bicyclic) bond motifs is 1. The molecule has 3 N–H and O–H groups in total. The molecule has 0 radical (unpaired) electrons. The van der Waals surface area contributed by atoms with Crippen LogP contribution >= 0.6 is 24.2 Å². The van der Waals surface area contributed by atoms with Crippen molar-refractivity contribution in [1.82, 2.24) is 15.1 Å². The molecule has 4 heterocycles. The van der Waals surface area contributed by atoms with E-state index in [9.17, 15) is 19.8 Å². The van der Waals surface area contributed by atoms with Crippen molar-refractivity contribution in [1.29, 1.82) is 0 Å². The van der Waals surface area contributed by atoms with Gasteiger partial charge in [0.2, 0.25) is 5.91 Å². The average Bonchev–Trinajstić information content (AvgIpc) is 3.37. The summed E-state index contributed by atoms with van der Waals surface area (Å²) in [7, 11) is 0. The molecule has 0 bridgehead atoms. The van der Waals surface area contributed by atoms with Gasteiger partial charge in [-0.15, -0.1) is 24.2 Å². The first-order valence-electron chi connectivity index (χ1n) is 10.7. The number of carbonyl (C=O) groups is 2. The molecule has 0 aliphatic carbocycles. The third-order valence-electron chi connectivity index (χ3n) is 6.66. The van der Waals surface area contributed by atoms with E-state index in [-0.39, 0.29) is 41.2 Å². The van der Waals surface area contributed by atoms with Crippen LogP contribution in [0, 0.1) is 11.8 Å². The molecular weight excluding hydrogens is 426 g/mol. The number of thioether (sulfide) groups is 1. The Balaban J connectivity index is 0.00000256. The van der Waals surface area contributed by atoms with Crippen LogP contribution in [0.15, 0.2) is 22.8 Å². The summed E-state index contributed by atoms with van der Waals surface area (Å²) >= 11 is 1.60. The molecule has 0 aromatic rings. The van der Waals surface area contributed by atoms with Crippen molar-refractivity contribution in [2.75, 3.05) is 26.2 Å². The highest BCUT2D eigenvalue weighted by atomic mass is 35.5. The quantitative estimate of drug-likeness (QED) is 0.395. The Kier molecular flexibility index (Phi) is 7.56. The lowest BCUT2D eigenvalue weighted by molar-refractivity contribution is -0.163. The van der Waals surface area contributed by atoms with Crippen LogP contribution in [0.5, 0.6) is 0 Å². The molecule has 4 rings (SSSR count). The van der Waals surface area contributed by atoms with Gasteiger partial charge in [0.25, 0.3) is 0 Å². The second-order valence-corrected chi connectivity index (χ2v) is 10.0. The van der Waals surface area contributed by atoms with Crippen LogP contribution in [0.4, 0.5) is 0 Å². The van der Waals surface area contributed by atoms with Crippen LogP contribution in [0.25, 0.3) is 0 Å². The summed E-state index contributed by atoms with van der Waals surface area (Å²) < 4.78 is 0. The van der Waals surface area contributed by atoms with Gasteiger partial charge in [-0.1, -0.05) is 19.1 Å². The fourth-order valence-electron chi connectivity index (χ4n) is 5.17. The molecular formula is C21H32ClN3O4S. The Morgan fingerprint density at radius 1 is 1.37 bits per heavy atom. The van der Waals surface area contributed by atoms with Crippen LogP contribution < -0.4 is 5.32 Å². The van der Waals surface area contributed by atoms with Crippen molar-refractivity contribution < 1.29 is 19.8 Å². The topological polar surface area (TPSA) is 93.1 Å². The number of carbonyl (C=O) groups excluding carboxylic acids is 1. The number of aliphatic carboxylic acids is 1. The van der Waals surface area contributed by atoms with Gasteiger partial charge in [-0.3, -0.25) is 9.69 Å². The van der Waals surface area contributed by atoms with Gasteiger partial charge in [0.1, 0.15) is 5.70 Å². The third-order valence-corrected chi connectivity index (χ3v) is 8.17. The molecule has 0 unspecified atom stereocenters. The maximum atomic E-state index is 12.4. The number of hydrogen-bond acceptors (Lipinski definition) is 6. The van der Waals surface area contributed by atoms with E-state index in [4.69, 9.17) is 0 Å². The van der Waals surface area contributed by atoms with Crippen molar-refractivity contribution in [3.8, 4) is 0 Å². The van der Waals surface area contributed by atoms with E-state index in [1.54, 1.807) is 18.7 Å². The molecule has 4 aliphatic heterocycles. The summed E-state index contributed by atoms with van der Waals surface area (Å²) in [5.41, 5.74) is 0.127. The minimum atomic E-state index is -1.05. The second kappa shape index (κ2) is 9.61. The molecule has 0 aromatic heterocycles. The molecule has 7 nitrogen and oxygen atoms in total. The number of carboxylic acids is 1. The minimum absolute atomic E-state index is 0. The number of halogens is 1. The molecule has 0 spiro atoms. The van der Waals surface area contributed by atoms with E-state index in [0.29, 0.717) is 6.04 Å². The lowest BCUT2D eigenvalue weighted by atomic mass is 9.79. The van der Waals surface area contributed by atoms with Crippen molar-refractivity contribution in [3.63, 3.8) is 0 Å². The largest absolute Gasteiger partial charge is 0.477 e. The van der Waals surface area contributed by atoms with E-state index >= 15 is 0 Å². The smallest absolute Gasteiger partial charge is 0.353 e. The number of rotatable bonds is 7. The fraction of sp³-hybridized carbons (Fsp3) is 0.714. The molecule has 4 aliphatic rings. The number of carboxylic acid groups (broad SMARTS) is 1. The third kappa shape index (κ3) is 4.30. The van der Waals surface area contributed by atoms with Gasteiger partial charge in [0, 0.05) is 35.2 Å². The van der Waals surface area contributed by atoms with Crippen LogP contribution in [-0.4, -0.2) is 81.5 Å². The van der Waals surface area contributed by atoms with E-state index < -0.39 is 18.0 Å². The highest BCUT2D eigenvalue weighted by Gasteiger charge is 2.60. The predicted molar refractivity (Wildman–Crippen MR) is 119 cm³/mol. The van der Waals surface area contributed by atoms with Crippen LogP contribution in [0.1, 0.15) is 33.1 Å². The minimum Gasteiger partial charge on any atom is -0.477 e. The number of nitrogens with zero attached hydrogens (tertiary/aromatic N) is 2. The van der Waals surface area contributed by atoms with Gasteiger partial charge in [-0.2, -0.15) is 0 Å². The maximum Gasteiger partial charge on any atom is 0.353 e. The molecule has 168 valence electrons. The summed E-state index contributed by atoms with van der Waals surface area (Å²) in [6.07, 6.45) is 7.26. The standard InChI is InChI=1S/C21H31N3O4S.ClH/c1-12-17-16(13(2)25)20(26)24(17)18(21(27)28)19(12)29-15-10-14(22-11-15)6-5-9-23-7-3-4-8-23;/h5-6,12-17,22,25H,3-4,7-11H2,1-2H3,(H,27,28);1H/b6-5+;/t12-,13-,14-,15+,16-,17-;/m1./s1. The van der Waals surface area contributed by atoms with E-state index in [1.165, 1.54) is 30.8 Å². The van der Waals surface area contributed by atoms with Crippen molar-refractivity contribution in [3.05, 3.63) is 22.8 Å². The van der Waals surface area contributed by atoms with Crippen LogP contribution in [0.3, 0.4) is 0 Å². The van der Waals surface area contributed by atoms with Gasteiger partial charge >= 0.3 is 5.97 Å². The average molecular weight is 458 g/mol. The number of amides is 1. The summed E-state index contributed by atoms with van der Waals surface area (Å²) in [5.74, 6) is -1.88. The fourth-order valence-corrected chi connectivity index (χ4v) is 6.66. The SMILES string of the molecule is C[C@@H](O)[C@H]1C(=O)N2C(C(=O)O)=C(S[C@@H]3CN[C@H](/C=C/CN4CCCC4)C3)[C@H](C)[C@H]12.Cl. The van der Waals surface area contributed by atoms with Crippen molar-refractivity contribution in [2.45, 2.75) is 56.5 Å². The Hall–Kier alpha value is -1.06. The maximum absolute atomic E-state index is 12.4. The number of likely N-dealkylation sites (tertiary alicyclic amines) is 1. The second-order valence-electron chi connectivity index (χ2n) is 8.70. The van der Waals surface area contributed by atoms with Crippen LogP contribution in [-0.2, 0) is 9.59 Å². The van der Waals surface area contributed by atoms with Gasteiger partial charge in [0.05, 0.1) is 18.1 Å². The molecule has 3 fully saturated rings. The number of β-lactam (4-membered cyclic amide) rings is 1. The monoisotopic (exact) mass is 457 g/mol. The number of aliphatic hydroxyl groups excluding tert-OH is 1. The van der Waals surface area contributed by atoms with Gasteiger partial charge in [-0.05, 0) is 39.3 Å². The van der Waals surface area contributed by atoms with Gasteiger partial charge in [-0.25, -0.2) is 4.79 Å². The molecule has 6 atom stereocenters. The first kappa shape index (κ1) is 23.6. The first-order chi connectivity index (χ1) is 13.9. The van der Waals surface area contributed by atoms with Crippen molar-refractivity contribution in [2.24, 2.45) is 11.8 Å². The Labute approximate surface area is 188 Å². The summed E-state index contributed by atoms with van der Waals surface area (Å²) in [5, 5.41) is 23.5. The molecule has 3 saturated heterocycles. The van der Waals surface area contributed by atoms with E-state index in [1.807, 2.05) is 6.92 Å². The highest BCUT2D eigenvalue weighted by Crippen LogP contribution is 2.51. The molecule has 0 aromatic carbocycles. The summed E-state index contributed by atoms with van der Waals surface area (Å²) in [6, 6.07) is 0.0752. The van der Waals surface area contributed by atoms with Gasteiger partial charge < -0.3 is 20.4 Å². The van der Waals surface area contributed by atoms with Gasteiger partial charge in [0.15, 0.2) is 0 Å². The zero-order chi connectivity index (χ0) is 20.7. The van der Waals surface area contributed by atoms with Crippen molar-refractivity contribution >= 4 is 36.0 Å². The number of aliphatic hydroxyl groups is 1. The van der Waals surface area contributed by atoms with Crippen LogP contribution in [0.2, 0.25) is 0 Å². The Morgan fingerprint density at radius 3 is 2.70 bits per heavy atom. The highest BCUT2D eigenvalue weighted by molar-refractivity contribution is 8.03.